The fourth-order valence-electron chi connectivity index (χ4n) is 2.97. The van der Waals surface area contributed by atoms with E-state index in [0.29, 0.717) is 17.7 Å². The number of nitrogens with zero attached hydrogens (tertiary/aromatic N) is 3. The summed E-state index contributed by atoms with van der Waals surface area (Å²) in [5.74, 6) is -1.26. The van der Waals surface area contributed by atoms with E-state index in [1.54, 1.807) is 18.2 Å². The Hall–Kier alpha value is -3.46. The Morgan fingerprint density at radius 1 is 1.30 bits per heavy atom. The third-order valence-electron chi connectivity index (χ3n) is 4.25. The number of phenolic OH excluding ortho intramolecular Hbond substituents is 1. The van der Waals surface area contributed by atoms with Crippen molar-refractivity contribution in [2.45, 2.75) is 12.5 Å². The highest BCUT2D eigenvalue weighted by Crippen LogP contribution is 2.38. The third kappa shape index (κ3) is 3.08. The van der Waals surface area contributed by atoms with E-state index in [9.17, 15) is 20.0 Å². The summed E-state index contributed by atoms with van der Waals surface area (Å²) in [6.45, 7) is 0. The van der Waals surface area contributed by atoms with Gasteiger partial charge >= 0.3 is 11.8 Å². The minimum absolute atomic E-state index is 0.0486. The molecule has 1 aliphatic rings. The number of hydrazone groups is 1. The minimum Gasteiger partial charge on any atom is -0.508 e. The Bertz CT molecular complexity index is 1040. The van der Waals surface area contributed by atoms with Crippen molar-refractivity contribution in [3.05, 3.63) is 80.2 Å². The maximum Gasteiger partial charge on any atom is 0.433 e. The molecule has 1 atom stereocenters. The van der Waals surface area contributed by atoms with Crippen molar-refractivity contribution >= 4 is 28.8 Å². The molecule has 3 heterocycles. The van der Waals surface area contributed by atoms with Crippen molar-refractivity contribution in [3.8, 4) is 5.75 Å². The lowest BCUT2D eigenvalue weighted by Gasteiger charge is -2.21. The summed E-state index contributed by atoms with van der Waals surface area (Å²) in [6, 6.07) is 10.4. The predicted molar refractivity (Wildman–Crippen MR) is 97.9 cm³/mol. The standard InChI is InChI=1S/C18H13N3O5S/c22-15-4-2-1-3-12(15)14-9-13(11-7-8-27-10-11)19-20(14)18(23)16-5-6-17(26-16)21(24)25/h1-8,10,14,22H,9H2/t14-/m0/s1. The van der Waals surface area contributed by atoms with Crippen molar-refractivity contribution < 1.29 is 19.2 Å². The molecular formula is C18H13N3O5S. The van der Waals surface area contributed by atoms with Crippen LogP contribution in [0.3, 0.4) is 0 Å². The molecule has 0 spiro atoms. The second kappa shape index (κ2) is 6.69. The van der Waals surface area contributed by atoms with E-state index in [1.165, 1.54) is 28.5 Å². The number of para-hydroxylation sites is 1. The van der Waals surface area contributed by atoms with Gasteiger partial charge < -0.3 is 9.52 Å². The third-order valence-corrected chi connectivity index (χ3v) is 4.93. The van der Waals surface area contributed by atoms with Crippen LogP contribution in [0.4, 0.5) is 5.88 Å². The number of benzene rings is 1. The van der Waals surface area contributed by atoms with Gasteiger partial charge in [-0.15, -0.1) is 0 Å². The summed E-state index contributed by atoms with van der Waals surface area (Å²) in [7, 11) is 0. The molecule has 0 radical (unpaired) electrons. The fourth-order valence-corrected chi connectivity index (χ4v) is 3.63. The van der Waals surface area contributed by atoms with Crippen molar-refractivity contribution in [2.24, 2.45) is 5.10 Å². The number of carbonyl (C=O) groups is 1. The highest BCUT2D eigenvalue weighted by Gasteiger charge is 2.36. The number of thiophene rings is 1. The summed E-state index contributed by atoms with van der Waals surface area (Å²) < 4.78 is 5.04. The number of amides is 1. The molecule has 2 aromatic heterocycles. The Kier molecular flexibility index (Phi) is 4.21. The van der Waals surface area contributed by atoms with Crippen molar-refractivity contribution in [1.82, 2.24) is 5.01 Å². The zero-order chi connectivity index (χ0) is 19.0. The number of nitro groups is 1. The van der Waals surface area contributed by atoms with Crippen LogP contribution in [-0.2, 0) is 0 Å². The molecule has 1 amide bonds. The molecular weight excluding hydrogens is 370 g/mol. The maximum atomic E-state index is 12.9. The zero-order valence-corrected chi connectivity index (χ0v) is 14.6. The first-order valence-electron chi connectivity index (χ1n) is 8.00. The normalized spacial score (nSPS) is 16.4. The van der Waals surface area contributed by atoms with Gasteiger partial charge in [0.2, 0.25) is 5.76 Å². The van der Waals surface area contributed by atoms with Crippen molar-refractivity contribution in [2.75, 3.05) is 0 Å². The monoisotopic (exact) mass is 383 g/mol. The minimum atomic E-state index is -0.707. The first-order valence-corrected chi connectivity index (χ1v) is 8.94. The number of hydrogen-bond donors (Lipinski definition) is 1. The predicted octanol–water partition coefficient (Wildman–Crippen LogP) is 3.95. The second-order valence-electron chi connectivity index (χ2n) is 5.88. The van der Waals surface area contributed by atoms with Gasteiger partial charge in [-0.3, -0.25) is 14.9 Å². The van der Waals surface area contributed by atoms with Gasteiger partial charge in [-0.1, -0.05) is 18.2 Å². The molecule has 136 valence electrons. The molecule has 0 saturated carbocycles. The van der Waals surface area contributed by atoms with E-state index < -0.39 is 22.8 Å². The Labute approximate surface area is 157 Å². The van der Waals surface area contributed by atoms with E-state index >= 15 is 0 Å². The Morgan fingerprint density at radius 3 is 2.78 bits per heavy atom. The van der Waals surface area contributed by atoms with E-state index in [1.807, 2.05) is 16.8 Å². The van der Waals surface area contributed by atoms with Crippen LogP contribution < -0.4 is 0 Å². The van der Waals surface area contributed by atoms with Gasteiger partial charge in [0.15, 0.2) is 0 Å². The summed E-state index contributed by atoms with van der Waals surface area (Å²) in [4.78, 5) is 23.0. The Balaban J connectivity index is 1.73. The highest BCUT2D eigenvalue weighted by atomic mass is 32.1. The number of aromatic hydroxyl groups is 1. The molecule has 0 aliphatic carbocycles. The van der Waals surface area contributed by atoms with Crippen LogP contribution in [0.5, 0.6) is 5.75 Å². The summed E-state index contributed by atoms with van der Waals surface area (Å²) in [6.07, 6.45) is 0.406. The van der Waals surface area contributed by atoms with Crippen LogP contribution in [0.2, 0.25) is 0 Å². The van der Waals surface area contributed by atoms with E-state index in [-0.39, 0.29) is 11.5 Å². The number of carbonyl (C=O) groups excluding carboxylic acids is 1. The lowest BCUT2D eigenvalue weighted by molar-refractivity contribution is -0.402. The first-order chi connectivity index (χ1) is 13.0. The van der Waals surface area contributed by atoms with E-state index in [4.69, 9.17) is 4.42 Å². The number of hydrogen-bond acceptors (Lipinski definition) is 7. The van der Waals surface area contributed by atoms with Gasteiger partial charge in [0.05, 0.1) is 17.8 Å². The largest absolute Gasteiger partial charge is 0.508 e. The SMILES string of the molecule is O=C(c1ccc([N+](=O)[O-])o1)N1N=C(c2ccsc2)C[C@H]1c1ccccc1O. The van der Waals surface area contributed by atoms with Crippen LogP contribution in [0.15, 0.2) is 62.7 Å². The second-order valence-corrected chi connectivity index (χ2v) is 6.66. The number of furan rings is 1. The molecule has 1 N–H and O–H groups in total. The van der Waals surface area contributed by atoms with Gasteiger partial charge in [0, 0.05) is 17.5 Å². The van der Waals surface area contributed by atoms with Crippen LogP contribution >= 0.6 is 11.3 Å². The lowest BCUT2D eigenvalue weighted by atomic mass is 9.99. The molecule has 4 rings (SSSR count). The summed E-state index contributed by atoms with van der Waals surface area (Å²) >= 11 is 1.51. The molecule has 0 bridgehead atoms. The summed E-state index contributed by atoms with van der Waals surface area (Å²) in [5, 5.41) is 30.5. The van der Waals surface area contributed by atoms with E-state index in [0.717, 1.165) is 11.6 Å². The average Bonchev–Trinajstić information content (AvgIpc) is 3.40. The molecule has 0 fully saturated rings. The first kappa shape index (κ1) is 17.0. The molecule has 0 unspecified atom stereocenters. The van der Waals surface area contributed by atoms with Gasteiger partial charge in [-0.05, 0) is 29.0 Å². The van der Waals surface area contributed by atoms with Gasteiger partial charge in [-0.2, -0.15) is 16.4 Å². The van der Waals surface area contributed by atoms with Gasteiger partial charge in [0.1, 0.15) is 10.7 Å². The molecule has 3 aromatic rings. The lowest BCUT2D eigenvalue weighted by Crippen LogP contribution is -2.26. The van der Waals surface area contributed by atoms with Gasteiger partial charge in [-0.25, -0.2) is 5.01 Å². The number of rotatable bonds is 4. The fraction of sp³-hybridized carbons (Fsp3) is 0.111. The van der Waals surface area contributed by atoms with Crippen molar-refractivity contribution in [3.63, 3.8) is 0 Å². The highest BCUT2D eigenvalue weighted by molar-refractivity contribution is 7.08. The maximum absolute atomic E-state index is 12.9. The quantitative estimate of drug-likeness (QED) is 0.542. The van der Waals surface area contributed by atoms with Crippen molar-refractivity contribution in [1.29, 1.82) is 0 Å². The van der Waals surface area contributed by atoms with Crippen LogP contribution in [0.25, 0.3) is 0 Å². The van der Waals surface area contributed by atoms with Crippen LogP contribution in [0.1, 0.15) is 34.1 Å². The number of phenols is 1. The van der Waals surface area contributed by atoms with Gasteiger partial charge in [0.25, 0.3) is 0 Å². The molecule has 27 heavy (non-hydrogen) atoms. The van der Waals surface area contributed by atoms with Crippen LogP contribution in [0, 0.1) is 10.1 Å². The average molecular weight is 383 g/mol. The molecule has 9 heteroatoms. The van der Waals surface area contributed by atoms with Crippen LogP contribution in [-0.4, -0.2) is 26.7 Å². The molecule has 1 aromatic carbocycles. The Morgan fingerprint density at radius 2 is 2.11 bits per heavy atom. The zero-order valence-electron chi connectivity index (χ0n) is 13.8. The molecule has 0 saturated heterocycles. The smallest absolute Gasteiger partial charge is 0.433 e. The van der Waals surface area contributed by atoms with E-state index in [2.05, 4.69) is 5.10 Å². The molecule has 8 nitrogen and oxygen atoms in total. The summed E-state index contributed by atoms with van der Waals surface area (Å²) in [5.41, 5.74) is 2.13. The molecule has 1 aliphatic heterocycles. The topological polar surface area (TPSA) is 109 Å².